The Kier molecular flexibility index (Phi) is 5.16. The van der Waals surface area contributed by atoms with Crippen LogP contribution in [0.2, 0.25) is 0 Å². The molecule has 3 aromatic rings. The van der Waals surface area contributed by atoms with E-state index in [2.05, 4.69) is 34.5 Å². The summed E-state index contributed by atoms with van der Waals surface area (Å²) in [6, 6.07) is 6.32. The second-order valence-electron chi connectivity index (χ2n) is 8.93. The molecule has 0 aliphatic carbocycles. The maximum atomic E-state index is 9.68. The molecule has 0 saturated carbocycles. The fraction of sp³-hybridized carbons (Fsp3) is 0.500. The van der Waals surface area contributed by atoms with Crippen LogP contribution in [0.3, 0.4) is 0 Å². The van der Waals surface area contributed by atoms with E-state index in [-0.39, 0.29) is 18.1 Å². The van der Waals surface area contributed by atoms with Crippen LogP contribution in [0.15, 0.2) is 18.5 Å². The molecular weight excluding hydrogens is 424 g/mol. The Morgan fingerprint density at radius 1 is 1.21 bits per heavy atom. The summed E-state index contributed by atoms with van der Waals surface area (Å²) >= 11 is 0. The van der Waals surface area contributed by atoms with Gasteiger partial charge in [0.25, 0.3) is 5.88 Å². The Hall–Kier alpha value is -3.67. The van der Waals surface area contributed by atoms with Gasteiger partial charge in [0, 0.05) is 17.5 Å². The summed E-state index contributed by atoms with van der Waals surface area (Å²) in [7, 11) is 0. The molecule has 0 radical (unpaired) electrons. The van der Waals surface area contributed by atoms with E-state index in [4.69, 9.17) is 19.2 Å². The van der Waals surface area contributed by atoms with Crippen molar-refractivity contribution in [1.82, 2.24) is 24.3 Å². The van der Waals surface area contributed by atoms with E-state index >= 15 is 0 Å². The van der Waals surface area contributed by atoms with Crippen molar-refractivity contribution in [2.45, 2.75) is 38.5 Å². The van der Waals surface area contributed by atoms with Crippen LogP contribution in [0.5, 0.6) is 5.88 Å². The summed E-state index contributed by atoms with van der Waals surface area (Å²) in [5.74, 6) is 0.943. The van der Waals surface area contributed by atoms with Crippen LogP contribution in [0.4, 0.5) is 11.6 Å². The van der Waals surface area contributed by atoms with Crippen LogP contribution in [0, 0.1) is 28.6 Å². The zero-order valence-electron chi connectivity index (χ0n) is 18.6. The molecule has 33 heavy (non-hydrogen) atoms. The fourth-order valence-electron chi connectivity index (χ4n) is 3.90. The maximum Gasteiger partial charge on any atom is 0.257 e. The van der Waals surface area contributed by atoms with Gasteiger partial charge in [-0.05, 0) is 19.9 Å². The summed E-state index contributed by atoms with van der Waals surface area (Å²) in [4.78, 5) is 9.14. The van der Waals surface area contributed by atoms with Crippen molar-refractivity contribution in [3.05, 3.63) is 24.2 Å². The predicted molar refractivity (Wildman–Crippen MR) is 117 cm³/mol. The standard InChI is InChI=1S/C22H24N8O3/c1-13-8-31-11-18(13)30-15(5-23)4-14-6-25-21(27-19(14)30)26-17-7-29(22(2,3)12-24)28-20(17)33-16-9-32-10-16/h4,6-7,13,16,18H,8-11H2,1-3H3,(H,25,26,27)/t13-,18-/m0/s1. The third-order valence-electron chi connectivity index (χ3n) is 6.01. The van der Waals surface area contributed by atoms with Crippen molar-refractivity contribution in [3.63, 3.8) is 0 Å². The first-order chi connectivity index (χ1) is 15.9. The molecule has 170 valence electrons. The molecule has 0 spiro atoms. The fourth-order valence-corrected chi connectivity index (χ4v) is 3.90. The average molecular weight is 448 g/mol. The van der Waals surface area contributed by atoms with Gasteiger partial charge in [-0.1, -0.05) is 6.92 Å². The van der Waals surface area contributed by atoms with Crippen LogP contribution in [-0.4, -0.2) is 56.8 Å². The second kappa shape index (κ2) is 8.03. The van der Waals surface area contributed by atoms with Gasteiger partial charge in [0.15, 0.2) is 0 Å². The number of hydrogen-bond donors (Lipinski definition) is 1. The number of nitrogens with one attached hydrogen (secondary N) is 1. The highest BCUT2D eigenvalue weighted by Crippen LogP contribution is 2.33. The number of fused-ring (bicyclic) bond motifs is 1. The lowest BCUT2D eigenvalue weighted by atomic mass is 10.1. The minimum Gasteiger partial charge on any atom is -0.467 e. The summed E-state index contributed by atoms with van der Waals surface area (Å²) in [5.41, 5.74) is 0.858. The molecule has 2 aliphatic heterocycles. The highest BCUT2D eigenvalue weighted by atomic mass is 16.6. The molecule has 11 nitrogen and oxygen atoms in total. The number of ether oxygens (including phenoxy) is 3. The quantitative estimate of drug-likeness (QED) is 0.603. The molecular formula is C22H24N8O3. The molecule has 1 N–H and O–H groups in total. The number of nitriles is 2. The Morgan fingerprint density at radius 3 is 2.64 bits per heavy atom. The summed E-state index contributed by atoms with van der Waals surface area (Å²) in [6.07, 6.45) is 3.30. The van der Waals surface area contributed by atoms with Gasteiger partial charge in [0.05, 0.1) is 44.7 Å². The van der Waals surface area contributed by atoms with Crippen LogP contribution < -0.4 is 10.1 Å². The molecule has 3 aromatic heterocycles. The molecule has 5 heterocycles. The number of anilines is 2. The van der Waals surface area contributed by atoms with Crippen molar-refractivity contribution < 1.29 is 14.2 Å². The minimum absolute atomic E-state index is 0.0246. The maximum absolute atomic E-state index is 9.68. The van der Waals surface area contributed by atoms with Gasteiger partial charge in [-0.15, -0.1) is 5.10 Å². The molecule has 0 amide bonds. The third-order valence-corrected chi connectivity index (χ3v) is 6.01. The number of nitrogens with zero attached hydrogens (tertiary/aromatic N) is 7. The lowest BCUT2D eigenvalue weighted by Gasteiger charge is -2.26. The van der Waals surface area contributed by atoms with E-state index in [1.807, 2.05) is 4.57 Å². The van der Waals surface area contributed by atoms with Crippen molar-refractivity contribution in [2.75, 3.05) is 31.7 Å². The summed E-state index contributed by atoms with van der Waals surface area (Å²) < 4.78 is 20.3. The van der Waals surface area contributed by atoms with Gasteiger partial charge in [-0.3, -0.25) is 0 Å². The largest absolute Gasteiger partial charge is 0.467 e. The van der Waals surface area contributed by atoms with Gasteiger partial charge < -0.3 is 24.1 Å². The van der Waals surface area contributed by atoms with Crippen LogP contribution in [0.1, 0.15) is 32.5 Å². The molecule has 5 rings (SSSR count). The molecule has 0 unspecified atom stereocenters. The van der Waals surface area contributed by atoms with Crippen molar-refractivity contribution in [3.8, 4) is 18.0 Å². The van der Waals surface area contributed by atoms with Gasteiger partial charge in [0.1, 0.15) is 34.7 Å². The minimum atomic E-state index is -0.867. The van der Waals surface area contributed by atoms with E-state index < -0.39 is 5.54 Å². The number of hydrogen-bond acceptors (Lipinski definition) is 9. The molecule has 2 atom stereocenters. The van der Waals surface area contributed by atoms with E-state index in [1.54, 1.807) is 37.0 Å². The second-order valence-corrected chi connectivity index (χ2v) is 8.93. The van der Waals surface area contributed by atoms with Crippen LogP contribution in [0.25, 0.3) is 11.0 Å². The zero-order valence-corrected chi connectivity index (χ0v) is 18.6. The van der Waals surface area contributed by atoms with Gasteiger partial charge in [-0.2, -0.15) is 15.5 Å². The molecule has 0 aromatic carbocycles. The van der Waals surface area contributed by atoms with Gasteiger partial charge >= 0.3 is 0 Å². The van der Waals surface area contributed by atoms with Crippen molar-refractivity contribution >= 4 is 22.7 Å². The normalized spacial score (nSPS) is 20.9. The highest BCUT2D eigenvalue weighted by molar-refractivity contribution is 5.79. The molecule has 2 fully saturated rings. The molecule has 2 aliphatic rings. The molecule has 11 heteroatoms. The van der Waals surface area contributed by atoms with E-state index in [1.165, 1.54) is 0 Å². The van der Waals surface area contributed by atoms with Crippen molar-refractivity contribution in [1.29, 1.82) is 10.5 Å². The first-order valence-electron chi connectivity index (χ1n) is 10.8. The van der Waals surface area contributed by atoms with Gasteiger partial charge in [0.2, 0.25) is 5.95 Å². The van der Waals surface area contributed by atoms with E-state index in [0.29, 0.717) is 55.3 Å². The Balaban J connectivity index is 1.52. The zero-order chi connectivity index (χ0) is 23.2. The van der Waals surface area contributed by atoms with Crippen LogP contribution in [-0.2, 0) is 15.0 Å². The Bertz CT molecular complexity index is 1280. The lowest BCUT2D eigenvalue weighted by Crippen LogP contribution is -2.38. The molecule has 2 saturated heterocycles. The summed E-state index contributed by atoms with van der Waals surface area (Å²) in [6.45, 7) is 7.79. The number of aromatic nitrogens is 5. The Labute approximate surface area is 190 Å². The highest BCUT2D eigenvalue weighted by Gasteiger charge is 2.30. The topological polar surface area (TPSA) is 136 Å². The van der Waals surface area contributed by atoms with E-state index in [0.717, 1.165) is 5.39 Å². The predicted octanol–water partition coefficient (Wildman–Crippen LogP) is 2.49. The van der Waals surface area contributed by atoms with E-state index in [9.17, 15) is 10.5 Å². The Morgan fingerprint density at radius 2 is 2.00 bits per heavy atom. The first-order valence-corrected chi connectivity index (χ1v) is 10.8. The molecule has 0 bridgehead atoms. The SMILES string of the molecule is C[C@H]1COC[C@@H]1n1c(C#N)cc2cnc(Nc3cn(C(C)(C)C#N)nc3OC3COC3)nc21. The third kappa shape index (κ3) is 3.75. The first kappa shape index (κ1) is 21.2. The summed E-state index contributed by atoms with van der Waals surface area (Å²) in [5, 5.41) is 27.6. The van der Waals surface area contributed by atoms with Gasteiger partial charge in [-0.25, -0.2) is 9.67 Å². The number of rotatable bonds is 6. The lowest BCUT2D eigenvalue weighted by molar-refractivity contribution is -0.0813. The monoisotopic (exact) mass is 448 g/mol. The average Bonchev–Trinajstić information content (AvgIpc) is 3.47. The smallest absolute Gasteiger partial charge is 0.257 e. The van der Waals surface area contributed by atoms with Crippen molar-refractivity contribution in [2.24, 2.45) is 5.92 Å². The van der Waals surface area contributed by atoms with Crippen LogP contribution >= 0.6 is 0 Å².